The number of hydrogen-bond donors (Lipinski definition) is 0. The van der Waals surface area contributed by atoms with E-state index in [4.69, 9.17) is 10.00 Å². The van der Waals surface area contributed by atoms with E-state index >= 15 is 0 Å². The maximum atomic E-state index is 9.08. The monoisotopic (exact) mass is 237 g/mol. The number of nitrogens with zero attached hydrogens (tertiary/aromatic N) is 1. The summed E-state index contributed by atoms with van der Waals surface area (Å²) in [5.41, 5.74) is 3.89. The van der Waals surface area contributed by atoms with Gasteiger partial charge in [0.05, 0.1) is 18.2 Å². The van der Waals surface area contributed by atoms with Crippen molar-refractivity contribution in [2.75, 3.05) is 6.61 Å². The molecule has 0 radical (unpaired) electrons. The fourth-order valence-corrected chi connectivity index (χ4v) is 1.83. The third-order valence-electron chi connectivity index (χ3n) is 2.79. The Morgan fingerprint density at radius 2 is 1.78 bits per heavy atom. The lowest BCUT2D eigenvalue weighted by Crippen LogP contribution is -1.91. The van der Waals surface area contributed by atoms with Crippen LogP contribution in [0.4, 0.5) is 0 Å². The molecule has 0 fully saturated rings. The normalized spacial score (nSPS) is 10.0. The Labute approximate surface area is 107 Å². The van der Waals surface area contributed by atoms with Crippen molar-refractivity contribution in [2.24, 2.45) is 0 Å². The van der Waals surface area contributed by atoms with Crippen LogP contribution in [0.15, 0.2) is 48.5 Å². The molecule has 2 aromatic carbocycles. The highest BCUT2D eigenvalue weighted by Gasteiger charge is 2.03. The number of rotatable bonds is 4. The molecule has 0 unspecified atom stereocenters. The Kier molecular flexibility index (Phi) is 4.11. The molecule has 2 rings (SSSR count). The summed E-state index contributed by atoms with van der Waals surface area (Å²) in [6, 6.07) is 18.0. The summed E-state index contributed by atoms with van der Waals surface area (Å²) in [4.78, 5) is 0. The maximum Gasteiger partial charge on any atom is 0.0998 e. The zero-order chi connectivity index (χ0) is 12.8. The molecule has 2 heteroatoms. The van der Waals surface area contributed by atoms with Gasteiger partial charge >= 0.3 is 0 Å². The summed E-state index contributed by atoms with van der Waals surface area (Å²) >= 11 is 0. The standard InChI is InChI=1S/C16H15NO/c1-2-18-12-13-7-9-14(10-8-13)16-6-4-3-5-15(16)11-17/h3-10H,2,12H2,1H3. The van der Waals surface area contributed by atoms with Crippen LogP contribution in [0.2, 0.25) is 0 Å². The number of hydrogen-bond acceptors (Lipinski definition) is 2. The van der Waals surface area contributed by atoms with Gasteiger partial charge < -0.3 is 4.74 Å². The summed E-state index contributed by atoms with van der Waals surface area (Å²) in [7, 11) is 0. The zero-order valence-corrected chi connectivity index (χ0v) is 10.4. The van der Waals surface area contributed by atoms with Crippen LogP contribution in [0.1, 0.15) is 18.1 Å². The predicted molar refractivity (Wildman–Crippen MR) is 71.9 cm³/mol. The van der Waals surface area contributed by atoms with Crippen molar-refractivity contribution in [3.05, 3.63) is 59.7 Å². The fourth-order valence-electron chi connectivity index (χ4n) is 1.83. The summed E-state index contributed by atoms with van der Waals surface area (Å²) in [6.45, 7) is 3.34. The van der Waals surface area contributed by atoms with Crippen LogP contribution in [0.3, 0.4) is 0 Å². The van der Waals surface area contributed by atoms with E-state index in [0.717, 1.165) is 23.3 Å². The quantitative estimate of drug-likeness (QED) is 0.811. The first-order valence-corrected chi connectivity index (χ1v) is 6.01. The van der Waals surface area contributed by atoms with Crippen LogP contribution in [0, 0.1) is 11.3 Å². The van der Waals surface area contributed by atoms with Crippen molar-refractivity contribution in [2.45, 2.75) is 13.5 Å². The molecule has 18 heavy (non-hydrogen) atoms. The van der Waals surface area contributed by atoms with Crippen LogP contribution >= 0.6 is 0 Å². The molecule has 2 aromatic rings. The van der Waals surface area contributed by atoms with Crippen molar-refractivity contribution >= 4 is 0 Å². The molecule has 0 heterocycles. The second-order valence-electron chi connectivity index (χ2n) is 3.99. The predicted octanol–water partition coefficient (Wildman–Crippen LogP) is 3.76. The first-order valence-electron chi connectivity index (χ1n) is 6.01. The molecule has 0 aliphatic carbocycles. The average Bonchev–Trinajstić information content (AvgIpc) is 2.45. The molecule has 2 nitrogen and oxygen atoms in total. The lowest BCUT2D eigenvalue weighted by molar-refractivity contribution is 0.134. The molecule has 0 N–H and O–H groups in total. The van der Waals surface area contributed by atoms with E-state index in [1.165, 1.54) is 0 Å². The van der Waals surface area contributed by atoms with Crippen LogP contribution in [0.25, 0.3) is 11.1 Å². The van der Waals surface area contributed by atoms with Gasteiger partial charge in [-0.3, -0.25) is 0 Å². The van der Waals surface area contributed by atoms with Gasteiger partial charge in [0, 0.05) is 6.61 Å². The zero-order valence-electron chi connectivity index (χ0n) is 10.4. The summed E-state index contributed by atoms with van der Waals surface area (Å²) < 4.78 is 5.36. The largest absolute Gasteiger partial charge is 0.377 e. The lowest BCUT2D eigenvalue weighted by atomic mass is 9.99. The average molecular weight is 237 g/mol. The van der Waals surface area contributed by atoms with Gasteiger partial charge in [0.25, 0.3) is 0 Å². The highest BCUT2D eigenvalue weighted by Crippen LogP contribution is 2.23. The van der Waals surface area contributed by atoms with Gasteiger partial charge in [-0.25, -0.2) is 0 Å². The summed E-state index contributed by atoms with van der Waals surface area (Å²) in [5.74, 6) is 0. The highest BCUT2D eigenvalue weighted by molar-refractivity contribution is 5.70. The minimum Gasteiger partial charge on any atom is -0.377 e. The second kappa shape index (κ2) is 6.00. The van der Waals surface area contributed by atoms with Crippen LogP contribution in [0.5, 0.6) is 0 Å². The van der Waals surface area contributed by atoms with E-state index in [1.807, 2.05) is 55.5 Å². The van der Waals surface area contributed by atoms with Crippen molar-refractivity contribution in [1.82, 2.24) is 0 Å². The van der Waals surface area contributed by atoms with Gasteiger partial charge in [-0.05, 0) is 29.7 Å². The van der Waals surface area contributed by atoms with Crippen molar-refractivity contribution < 1.29 is 4.74 Å². The molecule has 0 saturated carbocycles. The first-order chi connectivity index (χ1) is 8.85. The molecular formula is C16H15NO. The SMILES string of the molecule is CCOCc1ccc(-c2ccccc2C#N)cc1. The molecule has 0 atom stereocenters. The maximum absolute atomic E-state index is 9.08. The summed E-state index contributed by atoms with van der Waals surface area (Å²) in [6.07, 6.45) is 0. The molecular weight excluding hydrogens is 222 g/mol. The van der Waals surface area contributed by atoms with Gasteiger partial charge in [-0.15, -0.1) is 0 Å². The van der Waals surface area contributed by atoms with Crippen molar-refractivity contribution in [3.63, 3.8) is 0 Å². The number of ether oxygens (including phenoxy) is 1. The lowest BCUT2D eigenvalue weighted by Gasteiger charge is -2.06. The highest BCUT2D eigenvalue weighted by atomic mass is 16.5. The van der Waals surface area contributed by atoms with Crippen LogP contribution in [-0.2, 0) is 11.3 Å². The fraction of sp³-hybridized carbons (Fsp3) is 0.188. The van der Waals surface area contributed by atoms with Crippen LogP contribution in [-0.4, -0.2) is 6.61 Å². The van der Waals surface area contributed by atoms with E-state index in [2.05, 4.69) is 6.07 Å². The van der Waals surface area contributed by atoms with E-state index in [0.29, 0.717) is 12.2 Å². The Morgan fingerprint density at radius 1 is 1.06 bits per heavy atom. The summed E-state index contributed by atoms with van der Waals surface area (Å²) in [5, 5.41) is 9.08. The smallest absolute Gasteiger partial charge is 0.0998 e. The van der Waals surface area contributed by atoms with Gasteiger partial charge in [0.2, 0.25) is 0 Å². The third-order valence-corrected chi connectivity index (χ3v) is 2.79. The second-order valence-corrected chi connectivity index (χ2v) is 3.99. The molecule has 0 aliphatic rings. The Hall–Kier alpha value is -2.11. The Balaban J connectivity index is 2.27. The Bertz CT molecular complexity index is 552. The molecule has 0 bridgehead atoms. The topological polar surface area (TPSA) is 33.0 Å². The van der Waals surface area contributed by atoms with E-state index in [9.17, 15) is 0 Å². The van der Waals surface area contributed by atoms with E-state index in [-0.39, 0.29) is 0 Å². The number of nitriles is 1. The van der Waals surface area contributed by atoms with Crippen LogP contribution < -0.4 is 0 Å². The minimum absolute atomic E-state index is 0.636. The molecule has 90 valence electrons. The molecule has 0 spiro atoms. The van der Waals surface area contributed by atoms with Gasteiger partial charge in [-0.2, -0.15) is 5.26 Å². The third kappa shape index (κ3) is 2.77. The Morgan fingerprint density at radius 3 is 2.44 bits per heavy atom. The minimum atomic E-state index is 0.636. The number of benzene rings is 2. The molecule has 0 aliphatic heterocycles. The molecule has 0 saturated heterocycles. The molecule has 0 aromatic heterocycles. The van der Waals surface area contributed by atoms with Gasteiger partial charge in [0.1, 0.15) is 0 Å². The van der Waals surface area contributed by atoms with E-state index < -0.39 is 0 Å². The van der Waals surface area contributed by atoms with Gasteiger partial charge in [-0.1, -0.05) is 42.5 Å². The van der Waals surface area contributed by atoms with Crippen molar-refractivity contribution in [1.29, 1.82) is 5.26 Å². The first kappa shape index (κ1) is 12.3. The van der Waals surface area contributed by atoms with Gasteiger partial charge in [0.15, 0.2) is 0 Å². The molecule has 0 amide bonds. The van der Waals surface area contributed by atoms with Crippen molar-refractivity contribution in [3.8, 4) is 17.2 Å². The van der Waals surface area contributed by atoms with E-state index in [1.54, 1.807) is 0 Å².